The highest BCUT2D eigenvalue weighted by molar-refractivity contribution is 9.10. The fourth-order valence-corrected chi connectivity index (χ4v) is 1.47. The van der Waals surface area contributed by atoms with E-state index in [1.807, 2.05) is 0 Å². The minimum atomic E-state index is -2.99. The Morgan fingerprint density at radius 1 is 1.62 bits per heavy atom. The third kappa shape index (κ3) is 2.52. The van der Waals surface area contributed by atoms with Crippen LogP contribution in [-0.2, 0) is 4.74 Å². The number of hydrogen-bond donors (Lipinski definition) is 0. The van der Waals surface area contributed by atoms with Gasteiger partial charge in [0.05, 0.1) is 16.6 Å². The van der Waals surface area contributed by atoms with Crippen LogP contribution in [0.4, 0.5) is 13.2 Å². The summed E-state index contributed by atoms with van der Waals surface area (Å²) in [6.45, 7) is 1.65. The van der Waals surface area contributed by atoms with Crippen LogP contribution in [0.1, 0.15) is 29.4 Å². The molecule has 1 rings (SSSR count). The van der Waals surface area contributed by atoms with Crippen LogP contribution in [0.15, 0.2) is 10.7 Å². The molecule has 0 radical (unpaired) electrons. The van der Waals surface area contributed by atoms with E-state index in [4.69, 9.17) is 0 Å². The van der Waals surface area contributed by atoms with Crippen LogP contribution < -0.4 is 0 Å². The molecule has 0 atom stereocenters. The highest BCUT2D eigenvalue weighted by Crippen LogP contribution is 2.28. The van der Waals surface area contributed by atoms with Gasteiger partial charge in [-0.2, -0.15) is 0 Å². The molecule has 1 aromatic rings. The molecule has 0 unspecified atom stereocenters. The normalized spacial score (nSPS) is 10.6. The zero-order chi connectivity index (χ0) is 12.3. The van der Waals surface area contributed by atoms with Gasteiger partial charge in [-0.05, 0) is 22.9 Å². The lowest BCUT2D eigenvalue weighted by molar-refractivity contribution is 0.0516. The molecule has 0 amide bonds. The second-order valence-corrected chi connectivity index (χ2v) is 3.50. The number of halogens is 4. The van der Waals surface area contributed by atoms with Crippen molar-refractivity contribution >= 4 is 21.9 Å². The predicted molar refractivity (Wildman–Crippen MR) is 52.8 cm³/mol. The summed E-state index contributed by atoms with van der Waals surface area (Å²) in [6.07, 6.45) is -2.36. The van der Waals surface area contributed by atoms with Crippen molar-refractivity contribution in [3.05, 3.63) is 27.7 Å². The van der Waals surface area contributed by atoms with Gasteiger partial charge in [0.15, 0.2) is 5.69 Å². The Morgan fingerprint density at radius 3 is 2.75 bits per heavy atom. The summed E-state index contributed by atoms with van der Waals surface area (Å²) in [5.74, 6) is -2.07. The molecule has 0 aromatic carbocycles. The topological polar surface area (TPSA) is 39.2 Å². The molecule has 0 saturated heterocycles. The Morgan fingerprint density at radius 2 is 2.25 bits per heavy atom. The molecule has 7 heteroatoms. The van der Waals surface area contributed by atoms with Crippen LogP contribution in [0.2, 0.25) is 0 Å². The van der Waals surface area contributed by atoms with Gasteiger partial charge in [-0.15, -0.1) is 0 Å². The zero-order valence-electron chi connectivity index (χ0n) is 8.14. The van der Waals surface area contributed by atoms with E-state index in [9.17, 15) is 18.0 Å². The smallest absolute Gasteiger partial charge is 0.358 e. The van der Waals surface area contributed by atoms with Crippen LogP contribution >= 0.6 is 15.9 Å². The number of hydrogen-bond acceptors (Lipinski definition) is 3. The van der Waals surface area contributed by atoms with Crippen LogP contribution in [0.5, 0.6) is 0 Å². The van der Waals surface area contributed by atoms with Crippen molar-refractivity contribution in [3.8, 4) is 0 Å². The van der Waals surface area contributed by atoms with E-state index in [0.717, 1.165) is 0 Å². The van der Waals surface area contributed by atoms with E-state index < -0.39 is 28.2 Å². The Kier molecular flexibility index (Phi) is 4.28. The minimum absolute atomic E-state index is 0.0885. The van der Waals surface area contributed by atoms with Crippen molar-refractivity contribution in [2.45, 2.75) is 13.3 Å². The van der Waals surface area contributed by atoms with Crippen molar-refractivity contribution < 1.29 is 22.7 Å². The van der Waals surface area contributed by atoms with Crippen molar-refractivity contribution in [2.24, 2.45) is 0 Å². The molecular formula is C9H7BrF3NO2. The van der Waals surface area contributed by atoms with Crippen LogP contribution in [-0.4, -0.2) is 17.6 Å². The molecule has 0 spiro atoms. The summed E-state index contributed by atoms with van der Waals surface area (Å²) in [4.78, 5) is 14.7. The molecule has 0 saturated carbocycles. The van der Waals surface area contributed by atoms with Gasteiger partial charge < -0.3 is 4.74 Å². The van der Waals surface area contributed by atoms with E-state index in [2.05, 4.69) is 25.7 Å². The largest absolute Gasteiger partial charge is 0.461 e. The second kappa shape index (κ2) is 5.29. The van der Waals surface area contributed by atoms with E-state index in [1.165, 1.54) is 0 Å². The maximum Gasteiger partial charge on any atom is 0.358 e. The maximum atomic E-state index is 13.3. The Hall–Kier alpha value is -1.11. The van der Waals surface area contributed by atoms with Crippen LogP contribution in [0.3, 0.4) is 0 Å². The molecule has 0 N–H and O–H groups in total. The lowest BCUT2D eigenvalue weighted by atomic mass is 10.2. The quantitative estimate of drug-likeness (QED) is 0.805. The fraction of sp³-hybridized carbons (Fsp3) is 0.333. The first-order valence-electron chi connectivity index (χ1n) is 4.28. The Balaban J connectivity index is 3.16. The first-order valence-corrected chi connectivity index (χ1v) is 5.07. The van der Waals surface area contributed by atoms with Crippen molar-refractivity contribution in [3.63, 3.8) is 0 Å². The molecule has 0 aliphatic carbocycles. The zero-order valence-corrected chi connectivity index (χ0v) is 9.72. The molecule has 0 aliphatic heterocycles. The van der Waals surface area contributed by atoms with Crippen molar-refractivity contribution in [1.82, 2.24) is 4.98 Å². The van der Waals surface area contributed by atoms with Gasteiger partial charge in [0.1, 0.15) is 5.82 Å². The number of aromatic nitrogens is 1. The highest BCUT2D eigenvalue weighted by atomic mass is 79.9. The van der Waals surface area contributed by atoms with Gasteiger partial charge in [0, 0.05) is 6.20 Å². The first kappa shape index (κ1) is 13.0. The van der Waals surface area contributed by atoms with E-state index in [0.29, 0.717) is 6.20 Å². The van der Waals surface area contributed by atoms with Crippen LogP contribution in [0, 0.1) is 5.82 Å². The number of alkyl halides is 2. The number of ether oxygens (including phenoxy) is 1. The van der Waals surface area contributed by atoms with Gasteiger partial charge >= 0.3 is 5.97 Å². The van der Waals surface area contributed by atoms with Crippen LogP contribution in [0.25, 0.3) is 0 Å². The molecule has 1 heterocycles. The third-order valence-corrected chi connectivity index (χ3v) is 2.41. The lowest BCUT2D eigenvalue weighted by Gasteiger charge is -2.07. The Bertz CT molecular complexity index is 412. The van der Waals surface area contributed by atoms with Gasteiger partial charge in [-0.25, -0.2) is 22.9 Å². The summed E-state index contributed by atoms with van der Waals surface area (Å²) in [5.41, 5.74) is -1.22. The van der Waals surface area contributed by atoms with Gasteiger partial charge in [0.25, 0.3) is 6.43 Å². The maximum absolute atomic E-state index is 13.3. The average Bonchev–Trinajstić information content (AvgIpc) is 2.21. The molecular weight excluding hydrogens is 291 g/mol. The monoisotopic (exact) mass is 297 g/mol. The lowest BCUT2D eigenvalue weighted by Crippen LogP contribution is -2.10. The summed E-state index contributed by atoms with van der Waals surface area (Å²) in [7, 11) is 0. The number of nitrogens with zero attached hydrogens (tertiary/aromatic N) is 1. The number of esters is 1. The van der Waals surface area contributed by atoms with E-state index >= 15 is 0 Å². The highest BCUT2D eigenvalue weighted by Gasteiger charge is 2.23. The fourth-order valence-electron chi connectivity index (χ4n) is 0.972. The molecule has 0 fully saturated rings. The molecule has 1 aromatic heterocycles. The van der Waals surface area contributed by atoms with Gasteiger partial charge in [-0.3, -0.25) is 0 Å². The standard InChI is InChI=1S/C9H7BrF3NO2/c1-2-16-9(15)7-5(10)6(11)4(3-14-7)8(12)13/h3,8H,2H2,1H3. The molecule has 16 heavy (non-hydrogen) atoms. The van der Waals surface area contributed by atoms with Gasteiger partial charge in [0.2, 0.25) is 0 Å². The van der Waals surface area contributed by atoms with Crippen molar-refractivity contribution in [1.29, 1.82) is 0 Å². The van der Waals surface area contributed by atoms with E-state index in [-0.39, 0.29) is 12.3 Å². The number of pyridine rings is 1. The molecule has 3 nitrogen and oxygen atoms in total. The van der Waals surface area contributed by atoms with Crippen molar-refractivity contribution in [2.75, 3.05) is 6.61 Å². The summed E-state index contributed by atoms with van der Waals surface area (Å²) >= 11 is 2.70. The second-order valence-electron chi connectivity index (χ2n) is 2.71. The number of rotatable bonds is 3. The van der Waals surface area contributed by atoms with Gasteiger partial charge in [-0.1, -0.05) is 0 Å². The number of carbonyl (C=O) groups is 1. The van der Waals surface area contributed by atoms with E-state index in [1.54, 1.807) is 6.92 Å². The first-order chi connectivity index (χ1) is 7.49. The summed E-state index contributed by atoms with van der Waals surface area (Å²) < 4.78 is 42.0. The molecule has 88 valence electrons. The third-order valence-electron chi connectivity index (χ3n) is 1.69. The summed E-state index contributed by atoms with van der Waals surface area (Å²) in [5, 5.41) is 0. The number of carbonyl (C=O) groups excluding carboxylic acids is 1. The predicted octanol–water partition coefficient (Wildman–Crippen LogP) is 3.10. The molecule has 0 bridgehead atoms. The minimum Gasteiger partial charge on any atom is -0.461 e. The Labute approximate surface area is 97.8 Å². The SMILES string of the molecule is CCOC(=O)c1ncc(C(F)F)c(F)c1Br. The summed E-state index contributed by atoms with van der Waals surface area (Å²) in [6, 6.07) is 0. The average molecular weight is 298 g/mol. The molecule has 0 aliphatic rings.